The van der Waals surface area contributed by atoms with Crippen LogP contribution in [0.3, 0.4) is 0 Å². The van der Waals surface area contributed by atoms with E-state index in [2.05, 4.69) is 10.3 Å². The number of para-hydroxylation sites is 1. The van der Waals surface area contributed by atoms with Gasteiger partial charge >= 0.3 is 0 Å². The zero-order valence-corrected chi connectivity index (χ0v) is 14.9. The van der Waals surface area contributed by atoms with Gasteiger partial charge in [-0.2, -0.15) is 0 Å². The van der Waals surface area contributed by atoms with E-state index in [9.17, 15) is 9.18 Å². The molecule has 0 saturated heterocycles. The summed E-state index contributed by atoms with van der Waals surface area (Å²) in [6, 6.07) is 12.5. The second-order valence-electron chi connectivity index (χ2n) is 5.22. The van der Waals surface area contributed by atoms with E-state index in [4.69, 9.17) is 0 Å². The van der Waals surface area contributed by atoms with E-state index in [1.54, 1.807) is 29.8 Å². The summed E-state index contributed by atoms with van der Waals surface area (Å²) < 4.78 is 14.5. The number of nitrogens with one attached hydrogen (secondary N) is 1. The molecule has 0 radical (unpaired) electrons. The second-order valence-corrected chi connectivity index (χ2v) is 7.11. The van der Waals surface area contributed by atoms with Crippen LogP contribution in [-0.4, -0.2) is 30.7 Å². The Bertz CT molecular complexity index is 881. The number of carbonyl (C=O) groups excluding carboxylic acids is 1. The van der Waals surface area contributed by atoms with Crippen LogP contribution >= 0.6 is 23.1 Å². The number of halogens is 1. The lowest BCUT2D eigenvalue weighted by Crippen LogP contribution is -2.29. The molecule has 1 aromatic heterocycles. The highest BCUT2D eigenvalue weighted by atomic mass is 32.2. The molecule has 0 aliphatic heterocycles. The van der Waals surface area contributed by atoms with Gasteiger partial charge in [-0.3, -0.25) is 4.79 Å². The fourth-order valence-electron chi connectivity index (χ4n) is 2.25. The molecule has 0 unspecified atom stereocenters. The summed E-state index contributed by atoms with van der Waals surface area (Å²) in [6.45, 7) is 0.144. The average Bonchev–Trinajstić information content (AvgIpc) is 3.01. The molecule has 3 rings (SSSR count). The third kappa shape index (κ3) is 3.68. The molecule has 1 N–H and O–H groups in total. The normalized spacial score (nSPS) is 10.8. The first-order valence-corrected chi connectivity index (χ1v) is 9.31. The number of thioether (sulfide) groups is 1. The average molecular weight is 361 g/mol. The van der Waals surface area contributed by atoms with Crippen LogP contribution in [0, 0.1) is 5.82 Å². The number of hydrogen-bond donors (Lipinski definition) is 1. The van der Waals surface area contributed by atoms with Gasteiger partial charge in [0, 0.05) is 17.6 Å². The smallest absolute Gasteiger partial charge is 0.243 e. The number of amides is 1. The predicted molar refractivity (Wildman–Crippen MR) is 99.7 cm³/mol. The molecule has 1 amide bonds. The topological polar surface area (TPSA) is 45.2 Å². The van der Waals surface area contributed by atoms with E-state index in [-0.39, 0.29) is 18.3 Å². The Labute approximate surface area is 147 Å². The van der Waals surface area contributed by atoms with E-state index < -0.39 is 0 Å². The van der Waals surface area contributed by atoms with Crippen LogP contribution < -0.4 is 10.2 Å². The molecule has 0 fully saturated rings. The van der Waals surface area contributed by atoms with Crippen LogP contribution in [-0.2, 0) is 4.79 Å². The third-order valence-corrected chi connectivity index (χ3v) is 5.28. The van der Waals surface area contributed by atoms with E-state index in [1.807, 2.05) is 36.6 Å². The molecule has 0 bridgehead atoms. The van der Waals surface area contributed by atoms with Gasteiger partial charge in [-0.25, -0.2) is 9.37 Å². The molecular formula is C17H16FN3OS2. The molecule has 24 heavy (non-hydrogen) atoms. The highest BCUT2D eigenvalue weighted by Gasteiger charge is 2.14. The monoisotopic (exact) mass is 361 g/mol. The maximum absolute atomic E-state index is 13.7. The molecule has 2 aromatic carbocycles. The van der Waals surface area contributed by atoms with Gasteiger partial charge in [0.25, 0.3) is 0 Å². The van der Waals surface area contributed by atoms with Crippen molar-refractivity contribution in [3.8, 4) is 0 Å². The molecule has 0 saturated carbocycles. The van der Waals surface area contributed by atoms with Gasteiger partial charge in [-0.15, -0.1) is 11.8 Å². The lowest BCUT2D eigenvalue weighted by atomic mass is 10.3. The van der Waals surface area contributed by atoms with Gasteiger partial charge in [0.1, 0.15) is 11.3 Å². The first-order valence-electron chi connectivity index (χ1n) is 7.27. The summed E-state index contributed by atoms with van der Waals surface area (Å²) >= 11 is 2.98. The summed E-state index contributed by atoms with van der Waals surface area (Å²) in [5, 5.41) is 3.49. The predicted octanol–water partition coefficient (Wildman–Crippen LogP) is 4.23. The van der Waals surface area contributed by atoms with Gasteiger partial charge in [0.2, 0.25) is 5.91 Å². The number of benzene rings is 2. The molecule has 0 atom stereocenters. The van der Waals surface area contributed by atoms with Crippen LogP contribution in [0.5, 0.6) is 0 Å². The molecular weight excluding hydrogens is 345 g/mol. The molecule has 124 valence electrons. The third-order valence-electron chi connectivity index (χ3n) is 3.42. The fourth-order valence-corrected chi connectivity index (χ4v) is 3.65. The number of fused-ring (bicyclic) bond motifs is 1. The van der Waals surface area contributed by atoms with Gasteiger partial charge < -0.3 is 10.2 Å². The molecule has 1 heterocycles. The minimum Gasteiger partial charge on any atom is -0.342 e. The Balaban J connectivity index is 1.69. The van der Waals surface area contributed by atoms with Crippen molar-refractivity contribution < 1.29 is 9.18 Å². The second kappa shape index (κ2) is 7.19. The van der Waals surface area contributed by atoms with E-state index in [1.165, 1.54) is 17.4 Å². The van der Waals surface area contributed by atoms with E-state index in [0.717, 1.165) is 15.3 Å². The summed E-state index contributed by atoms with van der Waals surface area (Å²) in [5.41, 5.74) is 1.10. The highest BCUT2D eigenvalue weighted by Crippen LogP contribution is 2.29. The quantitative estimate of drug-likeness (QED) is 0.691. The van der Waals surface area contributed by atoms with Crippen molar-refractivity contribution in [2.24, 2.45) is 0 Å². The number of nitrogens with zero attached hydrogens (tertiary/aromatic N) is 2. The molecule has 0 spiro atoms. The lowest BCUT2D eigenvalue weighted by molar-refractivity contribution is -0.114. The first kappa shape index (κ1) is 16.7. The highest BCUT2D eigenvalue weighted by molar-refractivity contribution is 7.98. The number of likely N-dealkylation sites (N-methyl/N-ethyl adjacent to an activating group) is 1. The van der Waals surface area contributed by atoms with E-state index >= 15 is 0 Å². The van der Waals surface area contributed by atoms with Crippen molar-refractivity contribution in [2.75, 3.05) is 30.1 Å². The summed E-state index contributed by atoms with van der Waals surface area (Å²) in [7, 11) is 1.77. The van der Waals surface area contributed by atoms with Gasteiger partial charge in [0.05, 0.1) is 11.2 Å². The lowest BCUT2D eigenvalue weighted by Gasteiger charge is -2.15. The Morgan fingerprint density at radius 3 is 2.88 bits per heavy atom. The Morgan fingerprint density at radius 1 is 1.33 bits per heavy atom. The van der Waals surface area contributed by atoms with Crippen molar-refractivity contribution in [3.05, 3.63) is 48.3 Å². The number of thiazole rings is 1. The molecule has 0 aliphatic rings. The van der Waals surface area contributed by atoms with Gasteiger partial charge in [-0.1, -0.05) is 23.5 Å². The van der Waals surface area contributed by atoms with Crippen molar-refractivity contribution in [1.29, 1.82) is 0 Å². The minimum absolute atomic E-state index is 0.143. The standard InChI is InChI=1S/C17H16FN3OS2/c1-21(17-20-16-13(18)7-4-8-14(16)24-17)10-15(22)19-11-5-3-6-12(9-11)23-2/h3-9H,10H2,1-2H3,(H,19,22). The first-order chi connectivity index (χ1) is 11.6. The van der Waals surface area contributed by atoms with Crippen LogP contribution in [0.1, 0.15) is 0 Å². The number of anilines is 2. The zero-order chi connectivity index (χ0) is 17.1. The van der Waals surface area contributed by atoms with Crippen molar-refractivity contribution >= 4 is 50.0 Å². The number of rotatable bonds is 5. The van der Waals surface area contributed by atoms with Crippen LogP contribution in [0.2, 0.25) is 0 Å². The summed E-state index contributed by atoms with van der Waals surface area (Å²) in [6.07, 6.45) is 1.99. The van der Waals surface area contributed by atoms with Gasteiger partial charge in [-0.05, 0) is 36.6 Å². The maximum atomic E-state index is 13.7. The zero-order valence-electron chi connectivity index (χ0n) is 13.2. The van der Waals surface area contributed by atoms with Crippen LogP contribution in [0.25, 0.3) is 10.2 Å². The molecule has 0 aliphatic carbocycles. The van der Waals surface area contributed by atoms with Crippen LogP contribution in [0.15, 0.2) is 47.4 Å². The summed E-state index contributed by atoms with van der Waals surface area (Å²) in [5.74, 6) is -0.489. The number of carbonyl (C=O) groups is 1. The molecule has 4 nitrogen and oxygen atoms in total. The Morgan fingerprint density at radius 2 is 2.12 bits per heavy atom. The Kier molecular flexibility index (Phi) is 5.01. The number of aromatic nitrogens is 1. The Hall–Kier alpha value is -2.12. The van der Waals surface area contributed by atoms with Crippen LogP contribution in [0.4, 0.5) is 15.2 Å². The summed E-state index contributed by atoms with van der Waals surface area (Å²) in [4.78, 5) is 19.3. The molecule has 7 heteroatoms. The maximum Gasteiger partial charge on any atom is 0.243 e. The van der Waals surface area contributed by atoms with E-state index in [0.29, 0.717) is 10.6 Å². The molecule has 3 aromatic rings. The van der Waals surface area contributed by atoms with Crippen molar-refractivity contribution in [1.82, 2.24) is 4.98 Å². The van der Waals surface area contributed by atoms with Crippen molar-refractivity contribution in [3.63, 3.8) is 0 Å². The van der Waals surface area contributed by atoms with Crippen molar-refractivity contribution in [2.45, 2.75) is 4.90 Å². The largest absolute Gasteiger partial charge is 0.342 e. The minimum atomic E-state index is -0.346. The fraction of sp³-hybridized carbons (Fsp3) is 0.176. The van der Waals surface area contributed by atoms with Gasteiger partial charge in [0.15, 0.2) is 5.13 Å². The number of hydrogen-bond acceptors (Lipinski definition) is 5. The SMILES string of the molecule is CSc1cccc(NC(=O)CN(C)c2nc3c(F)cccc3s2)c1.